The Morgan fingerprint density at radius 1 is 0.930 bits per heavy atom. The van der Waals surface area contributed by atoms with Crippen LogP contribution >= 0.6 is 0 Å². The van der Waals surface area contributed by atoms with Crippen molar-refractivity contribution in [3.8, 4) is 0 Å². The van der Waals surface area contributed by atoms with E-state index in [1.54, 1.807) is 12.7 Å². The molecule has 2 heterocycles. The van der Waals surface area contributed by atoms with E-state index in [4.69, 9.17) is 23.7 Å². The number of rotatable bonds is 12. The van der Waals surface area contributed by atoms with Gasteiger partial charge in [0, 0.05) is 37.6 Å². The second kappa shape index (κ2) is 11.0. The fourth-order valence-electron chi connectivity index (χ4n) is 13.1. The molecule has 0 radical (unpaired) electrons. The molecule has 12 atom stereocenters. The summed E-state index contributed by atoms with van der Waals surface area (Å²) in [6.07, 6.45) is 15.4. The number of hydrogen-bond donors (Lipinski definition) is 1. The van der Waals surface area contributed by atoms with E-state index in [9.17, 15) is 5.11 Å². The van der Waals surface area contributed by atoms with Gasteiger partial charge >= 0.3 is 0 Å². The molecule has 3 unspecified atom stereocenters. The first kappa shape index (κ1) is 29.8. The lowest BCUT2D eigenvalue weighted by Crippen LogP contribution is -2.64. The number of methoxy groups -OCH3 is 1. The van der Waals surface area contributed by atoms with Crippen LogP contribution in [0, 0.1) is 45.8 Å². The largest absolute Gasteiger partial charge is 0.389 e. The van der Waals surface area contributed by atoms with Gasteiger partial charge in [0.05, 0.1) is 64.1 Å². The summed E-state index contributed by atoms with van der Waals surface area (Å²) in [6, 6.07) is 0.579. The molecular weight excluding hydrogens is 542 g/mol. The fraction of sp³-hybridized carbons (Fsp3) is 0.944. The highest BCUT2D eigenvalue weighted by Gasteiger charge is 2.91. The van der Waals surface area contributed by atoms with Gasteiger partial charge in [-0.25, -0.2) is 0 Å². The molecule has 2 saturated heterocycles. The number of likely N-dealkylation sites (tertiary alicyclic amines) is 1. The van der Waals surface area contributed by atoms with Crippen LogP contribution in [-0.4, -0.2) is 100 Å². The molecule has 7 fully saturated rings. The van der Waals surface area contributed by atoms with Crippen molar-refractivity contribution in [1.29, 1.82) is 0 Å². The van der Waals surface area contributed by atoms with Gasteiger partial charge in [-0.05, 0) is 98.7 Å². The molecule has 0 amide bonds. The van der Waals surface area contributed by atoms with Crippen LogP contribution in [0.5, 0.6) is 0 Å². The van der Waals surface area contributed by atoms with Crippen LogP contribution in [0.4, 0.5) is 0 Å². The summed E-state index contributed by atoms with van der Waals surface area (Å²) in [7, 11) is 1.69. The number of aliphatic hydroxyl groups excluding tert-OH is 1. The number of hydrogen-bond acceptors (Lipinski definition) is 7. The predicted octanol–water partition coefficient (Wildman–Crippen LogP) is 4.85. The maximum absolute atomic E-state index is 10.4. The van der Waals surface area contributed by atoms with Gasteiger partial charge in [-0.3, -0.25) is 4.90 Å². The molecule has 8 aliphatic rings. The zero-order valence-corrected chi connectivity index (χ0v) is 27.1. The molecule has 5 saturated carbocycles. The maximum atomic E-state index is 10.4. The second-order valence-electron chi connectivity index (χ2n) is 16.3. The van der Waals surface area contributed by atoms with Gasteiger partial charge in [0.2, 0.25) is 0 Å². The highest BCUT2D eigenvalue weighted by molar-refractivity contribution is 5.41. The van der Waals surface area contributed by atoms with Crippen molar-refractivity contribution in [3.63, 3.8) is 0 Å². The summed E-state index contributed by atoms with van der Waals surface area (Å²) in [5, 5.41) is 10.4. The van der Waals surface area contributed by atoms with Crippen molar-refractivity contribution in [2.75, 3.05) is 66.4 Å². The van der Waals surface area contributed by atoms with Crippen molar-refractivity contribution in [2.45, 2.75) is 102 Å². The topological polar surface area (TPSA) is 69.6 Å². The molecule has 7 heteroatoms. The molecule has 8 rings (SSSR count). The molecule has 0 aromatic carbocycles. The van der Waals surface area contributed by atoms with Crippen LogP contribution in [0.1, 0.15) is 78.1 Å². The quantitative estimate of drug-likeness (QED) is 0.254. The minimum absolute atomic E-state index is 0.150. The molecule has 3 spiro atoms. The highest BCUT2D eigenvalue weighted by Crippen LogP contribution is 2.93. The van der Waals surface area contributed by atoms with E-state index in [1.807, 2.05) is 0 Å². The van der Waals surface area contributed by atoms with Crippen LogP contribution in [-0.2, 0) is 23.7 Å². The first-order valence-electron chi connectivity index (χ1n) is 17.9. The van der Waals surface area contributed by atoms with Gasteiger partial charge in [-0.2, -0.15) is 0 Å². The first-order chi connectivity index (χ1) is 20.9. The fourth-order valence-corrected chi connectivity index (χ4v) is 13.1. The Balaban J connectivity index is 0.894. The van der Waals surface area contributed by atoms with Crippen molar-refractivity contribution >= 4 is 0 Å². The molecule has 0 bridgehead atoms. The number of aliphatic hydroxyl groups is 1. The SMILES string of the molecule is COCCOCCOCCOCCN1C[C@@H](C)C[C@H]2O[C@@]34CC[C@H]5C6CCC7=C[C@@H](O)CC[C@]7(C)[C@H]6CC56CC63C[C@@H]4[C@@H]21. The molecule has 43 heavy (non-hydrogen) atoms. The minimum atomic E-state index is -0.208. The average molecular weight is 600 g/mol. The molecule has 2 aliphatic heterocycles. The summed E-state index contributed by atoms with van der Waals surface area (Å²) in [6.45, 7) is 11.7. The summed E-state index contributed by atoms with van der Waals surface area (Å²) in [4.78, 5) is 2.77. The Bertz CT molecular complexity index is 1080. The van der Waals surface area contributed by atoms with Gasteiger partial charge in [-0.1, -0.05) is 25.5 Å². The zero-order chi connectivity index (χ0) is 29.5. The van der Waals surface area contributed by atoms with Crippen LogP contribution in [0.2, 0.25) is 0 Å². The number of nitrogens with zero attached hydrogens (tertiary/aromatic N) is 1. The standard InChI is InChI=1S/C36H57NO6/c1-24-18-31-32(37(22-24)10-11-40-14-15-42-17-16-41-13-12-39-3)30-21-35-23-34(35)20-29-27(28(34)7-9-36(30,35)43-31)5-4-25-19-26(38)6-8-33(25,29)2/h19,24,26-32,38H,4-18,20-23H2,1-3H3/t24-,26-,27?,28-,29-,30+,31+,32-,33-,34?,35?,36+/m0/s1. The molecule has 6 aliphatic carbocycles. The summed E-state index contributed by atoms with van der Waals surface area (Å²) >= 11 is 0. The molecule has 0 aromatic heterocycles. The third-order valence-corrected chi connectivity index (χ3v) is 14.7. The van der Waals surface area contributed by atoms with Crippen LogP contribution < -0.4 is 0 Å². The summed E-state index contributed by atoms with van der Waals surface area (Å²) < 4.78 is 29.6. The van der Waals surface area contributed by atoms with Crippen molar-refractivity contribution in [1.82, 2.24) is 4.90 Å². The molecule has 242 valence electrons. The van der Waals surface area contributed by atoms with Gasteiger partial charge in [0.15, 0.2) is 0 Å². The number of piperidine rings is 1. The second-order valence-corrected chi connectivity index (χ2v) is 16.3. The Morgan fingerprint density at radius 3 is 2.49 bits per heavy atom. The van der Waals surface area contributed by atoms with E-state index >= 15 is 0 Å². The number of ether oxygens (including phenoxy) is 5. The molecule has 0 aromatic rings. The Kier molecular flexibility index (Phi) is 7.65. The van der Waals surface area contributed by atoms with Crippen LogP contribution in [0.25, 0.3) is 0 Å². The highest BCUT2D eigenvalue weighted by atomic mass is 16.6. The smallest absolute Gasteiger partial charge is 0.0793 e. The summed E-state index contributed by atoms with van der Waals surface area (Å²) in [5.41, 5.74) is 3.09. The lowest BCUT2D eigenvalue weighted by Gasteiger charge is -2.60. The van der Waals surface area contributed by atoms with Gasteiger partial charge < -0.3 is 28.8 Å². The molecule has 1 N–H and O–H groups in total. The van der Waals surface area contributed by atoms with Crippen molar-refractivity contribution in [3.05, 3.63) is 11.6 Å². The Morgan fingerprint density at radius 2 is 1.70 bits per heavy atom. The number of fused-ring (bicyclic) bond motifs is 6. The van der Waals surface area contributed by atoms with E-state index in [-0.39, 0.29) is 11.7 Å². The molecule has 7 nitrogen and oxygen atoms in total. The first-order valence-corrected chi connectivity index (χ1v) is 17.9. The summed E-state index contributed by atoms with van der Waals surface area (Å²) in [5.74, 6) is 4.03. The predicted molar refractivity (Wildman–Crippen MR) is 164 cm³/mol. The minimum Gasteiger partial charge on any atom is -0.389 e. The number of allylic oxidation sites excluding steroid dienone is 1. The average Bonchev–Trinajstić information content (AvgIpc) is 3.47. The normalized spacial score (nSPS) is 50.7. The van der Waals surface area contributed by atoms with Crippen LogP contribution in [0.3, 0.4) is 0 Å². The lowest BCUT2D eigenvalue weighted by atomic mass is 9.47. The Hall–Kier alpha value is -0.540. The maximum Gasteiger partial charge on any atom is 0.0793 e. The Labute approximate surface area is 259 Å². The van der Waals surface area contributed by atoms with E-state index in [0.29, 0.717) is 79.9 Å². The van der Waals surface area contributed by atoms with Gasteiger partial charge in [0.1, 0.15) is 0 Å². The van der Waals surface area contributed by atoms with E-state index in [1.165, 1.54) is 64.3 Å². The van der Waals surface area contributed by atoms with Gasteiger partial charge in [-0.15, -0.1) is 0 Å². The third-order valence-electron chi connectivity index (χ3n) is 14.7. The van der Waals surface area contributed by atoms with Gasteiger partial charge in [0.25, 0.3) is 0 Å². The van der Waals surface area contributed by atoms with E-state index in [0.717, 1.165) is 37.3 Å². The van der Waals surface area contributed by atoms with E-state index < -0.39 is 0 Å². The third kappa shape index (κ3) is 4.30. The lowest BCUT2D eigenvalue weighted by molar-refractivity contribution is -0.211. The van der Waals surface area contributed by atoms with E-state index in [2.05, 4.69) is 24.8 Å². The van der Waals surface area contributed by atoms with Crippen LogP contribution in [0.15, 0.2) is 11.6 Å². The van der Waals surface area contributed by atoms with Crippen molar-refractivity contribution < 1.29 is 28.8 Å². The molecular formula is C36H57NO6. The zero-order valence-electron chi connectivity index (χ0n) is 27.1. The monoisotopic (exact) mass is 599 g/mol. The van der Waals surface area contributed by atoms with Crippen molar-refractivity contribution in [2.24, 2.45) is 45.8 Å².